The minimum absolute atomic E-state index is 0.0299. The molecule has 0 aliphatic heterocycles. The fraction of sp³-hybridized carbons (Fsp3) is 0.235. The number of anilines is 1. The van der Waals surface area contributed by atoms with E-state index in [-0.39, 0.29) is 28.7 Å². The van der Waals surface area contributed by atoms with Crippen molar-refractivity contribution in [2.75, 3.05) is 10.5 Å². The van der Waals surface area contributed by atoms with Crippen LogP contribution in [0.3, 0.4) is 0 Å². The van der Waals surface area contributed by atoms with Crippen LogP contribution in [0.4, 0.5) is 5.69 Å². The van der Waals surface area contributed by atoms with Crippen molar-refractivity contribution in [1.29, 1.82) is 0 Å². The molecule has 0 bridgehead atoms. The molecule has 0 aliphatic carbocycles. The van der Waals surface area contributed by atoms with Crippen molar-refractivity contribution >= 4 is 21.7 Å². The average Bonchev–Trinajstić information content (AvgIpc) is 2.48. The van der Waals surface area contributed by atoms with Crippen molar-refractivity contribution in [3.63, 3.8) is 0 Å². The smallest absolute Gasteiger partial charge is 0.335 e. The van der Waals surface area contributed by atoms with Gasteiger partial charge in [0.2, 0.25) is 10.0 Å². The average molecular weight is 349 g/mol. The third-order valence-corrected chi connectivity index (χ3v) is 4.65. The van der Waals surface area contributed by atoms with Crippen LogP contribution < -0.4 is 9.46 Å². The van der Waals surface area contributed by atoms with E-state index in [9.17, 15) is 13.2 Å². The number of para-hydroxylation sites is 1. The van der Waals surface area contributed by atoms with Gasteiger partial charge in [0, 0.05) is 0 Å². The fourth-order valence-electron chi connectivity index (χ4n) is 2.10. The van der Waals surface area contributed by atoms with Crippen LogP contribution in [0, 0.1) is 5.92 Å². The molecular formula is C17H19NO5S. The Balaban J connectivity index is 2.38. The number of sulfonamides is 1. The molecule has 0 saturated heterocycles. The van der Waals surface area contributed by atoms with Gasteiger partial charge in [-0.05, 0) is 36.2 Å². The first-order valence-corrected chi connectivity index (χ1v) is 9.03. The van der Waals surface area contributed by atoms with E-state index in [0.717, 1.165) is 0 Å². The van der Waals surface area contributed by atoms with E-state index in [1.807, 2.05) is 6.07 Å². The molecule has 0 fully saturated rings. The number of carboxylic acids is 1. The molecule has 24 heavy (non-hydrogen) atoms. The lowest BCUT2D eigenvalue weighted by molar-refractivity contribution is 0.0697. The Morgan fingerprint density at radius 1 is 1.17 bits per heavy atom. The van der Waals surface area contributed by atoms with Crippen molar-refractivity contribution in [3.8, 4) is 11.5 Å². The third-order valence-electron chi connectivity index (χ3n) is 3.02. The maximum atomic E-state index is 12.2. The van der Waals surface area contributed by atoms with Gasteiger partial charge in [-0.2, -0.15) is 0 Å². The highest BCUT2D eigenvalue weighted by molar-refractivity contribution is 7.92. The molecular weight excluding hydrogens is 330 g/mol. The summed E-state index contributed by atoms with van der Waals surface area (Å²) < 4.78 is 32.5. The number of carboxylic acid groups (broad SMARTS) is 1. The second-order valence-corrected chi connectivity index (χ2v) is 7.48. The minimum Gasteiger partial charge on any atom is -0.478 e. The number of rotatable bonds is 7. The van der Waals surface area contributed by atoms with Gasteiger partial charge in [-0.1, -0.05) is 32.0 Å². The molecule has 0 saturated carbocycles. The Kier molecular flexibility index (Phi) is 5.46. The number of aromatic carboxylic acids is 1. The predicted molar refractivity (Wildman–Crippen MR) is 92.2 cm³/mol. The molecule has 7 heteroatoms. The van der Waals surface area contributed by atoms with Crippen LogP contribution in [0.15, 0.2) is 48.5 Å². The van der Waals surface area contributed by atoms with E-state index >= 15 is 0 Å². The molecule has 0 amide bonds. The summed E-state index contributed by atoms with van der Waals surface area (Å²) in [5, 5.41) is 9.12. The summed E-state index contributed by atoms with van der Waals surface area (Å²) >= 11 is 0. The Bertz CT molecular complexity index is 816. The van der Waals surface area contributed by atoms with Gasteiger partial charge < -0.3 is 9.84 Å². The Morgan fingerprint density at radius 2 is 1.83 bits per heavy atom. The van der Waals surface area contributed by atoms with Crippen molar-refractivity contribution < 1.29 is 23.1 Å². The third kappa shape index (κ3) is 4.99. The largest absolute Gasteiger partial charge is 0.478 e. The summed E-state index contributed by atoms with van der Waals surface area (Å²) in [6, 6.07) is 12.9. The second kappa shape index (κ2) is 7.35. The van der Waals surface area contributed by atoms with Crippen LogP contribution in [-0.2, 0) is 10.0 Å². The molecule has 0 radical (unpaired) electrons. The Morgan fingerprint density at radius 3 is 2.42 bits per heavy atom. The molecule has 0 heterocycles. The minimum atomic E-state index is -3.61. The van der Waals surface area contributed by atoms with Crippen LogP contribution >= 0.6 is 0 Å². The topological polar surface area (TPSA) is 92.7 Å². The Labute approximate surface area is 141 Å². The second-order valence-electron chi connectivity index (χ2n) is 5.71. The van der Waals surface area contributed by atoms with E-state index in [2.05, 4.69) is 4.72 Å². The molecule has 0 aromatic heterocycles. The molecule has 0 unspecified atom stereocenters. The van der Waals surface area contributed by atoms with Gasteiger partial charge in [-0.15, -0.1) is 0 Å². The normalized spacial score (nSPS) is 11.3. The van der Waals surface area contributed by atoms with Crippen molar-refractivity contribution in [3.05, 3.63) is 54.1 Å². The summed E-state index contributed by atoms with van der Waals surface area (Å²) in [5.41, 5.74) is 0.0667. The first-order chi connectivity index (χ1) is 11.3. The number of hydrogen-bond acceptors (Lipinski definition) is 4. The Hall–Kier alpha value is -2.54. The monoisotopic (exact) mass is 349 g/mol. The highest BCUT2D eigenvalue weighted by atomic mass is 32.2. The lowest BCUT2D eigenvalue weighted by atomic mass is 10.2. The maximum Gasteiger partial charge on any atom is 0.335 e. The van der Waals surface area contributed by atoms with Crippen LogP contribution in [0.2, 0.25) is 0 Å². The first kappa shape index (κ1) is 17.8. The molecule has 0 spiro atoms. The summed E-state index contributed by atoms with van der Waals surface area (Å²) in [6.45, 7) is 3.57. The van der Waals surface area contributed by atoms with Gasteiger partial charge in [-0.3, -0.25) is 4.72 Å². The number of ether oxygens (including phenoxy) is 1. The van der Waals surface area contributed by atoms with Crippen molar-refractivity contribution in [2.45, 2.75) is 13.8 Å². The van der Waals surface area contributed by atoms with Crippen LogP contribution in [0.1, 0.15) is 24.2 Å². The fourth-order valence-corrected chi connectivity index (χ4v) is 3.55. The lowest BCUT2D eigenvalue weighted by Gasteiger charge is -2.15. The van der Waals surface area contributed by atoms with E-state index in [4.69, 9.17) is 9.84 Å². The summed E-state index contributed by atoms with van der Waals surface area (Å²) in [7, 11) is -3.61. The quantitative estimate of drug-likeness (QED) is 0.797. The molecule has 2 rings (SSSR count). The van der Waals surface area contributed by atoms with E-state index < -0.39 is 16.0 Å². The summed E-state index contributed by atoms with van der Waals surface area (Å²) in [5.74, 6) is -0.535. The highest BCUT2D eigenvalue weighted by Gasteiger charge is 2.18. The molecule has 2 N–H and O–H groups in total. The van der Waals surface area contributed by atoms with Gasteiger partial charge in [0.1, 0.15) is 5.75 Å². The van der Waals surface area contributed by atoms with Crippen molar-refractivity contribution in [2.24, 2.45) is 5.92 Å². The van der Waals surface area contributed by atoms with E-state index in [1.54, 1.807) is 38.1 Å². The molecule has 0 aliphatic rings. The predicted octanol–water partition coefficient (Wildman–Crippen LogP) is 3.57. The zero-order valence-corrected chi connectivity index (χ0v) is 14.2. The van der Waals surface area contributed by atoms with Gasteiger partial charge >= 0.3 is 5.97 Å². The van der Waals surface area contributed by atoms with Gasteiger partial charge in [0.25, 0.3) is 0 Å². The number of benzene rings is 2. The lowest BCUT2D eigenvalue weighted by Crippen LogP contribution is -2.20. The number of carbonyl (C=O) groups is 1. The van der Waals surface area contributed by atoms with Crippen LogP contribution in [-0.4, -0.2) is 25.2 Å². The first-order valence-electron chi connectivity index (χ1n) is 7.37. The zero-order valence-electron chi connectivity index (χ0n) is 13.4. The summed E-state index contributed by atoms with van der Waals surface area (Å²) in [6.07, 6.45) is 0. The van der Waals surface area contributed by atoms with E-state index in [0.29, 0.717) is 5.75 Å². The van der Waals surface area contributed by atoms with E-state index in [1.165, 1.54) is 18.2 Å². The van der Waals surface area contributed by atoms with Gasteiger partial charge in [0.15, 0.2) is 5.75 Å². The van der Waals surface area contributed by atoms with Gasteiger partial charge in [-0.25, -0.2) is 13.2 Å². The van der Waals surface area contributed by atoms with Crippen LogP contribution in [0.5, 0.6) is 11.5 Å². The highest BCUT2D eigenvalue weighted by Crippen LogP contribution is 2.31. The SMILES string of the molecule is CC(C)CS(=O)(=O)Nc1cc(C(=O)O)ccc1Oc1ccccc1. The van der Waals surface area contributed by atoms with Gasteiger partial charge in [0.05, 0.1) is 17.0 Å². The summed E-state index contributed by atoms with van der Waals surface area (Å²) in [4.78, 5) is 11.1. The maximum absolute atomic E-state index is 12.2. The number of nitrogens with one attached hydrogen (secondary N) is 1. The molecule has 2 aromatic carbocycles. The molecule has 6 nitrogen and oxygen atoms in total. The zero-order chi connectivity index (χ0) is 17.7. The van der Waals surface area contributed by atoms with Crippen LogP contribution in [0.25, 0.3) is 0 Å². The standard InChI is InChI=1S/C17H19NO5S/c1-12(2)11-24(21,22)18-15-10-13(17(19)20)8-9-16(15)23-14-6-4-3-5-7-14/h3-10,12,18H,11H2,1-2H3,(H,19,20). The molecule has 0 atom stereocenters. The molecule has 128 valence electrons. The molecule has 2 aromatic rings. The number of hydrogen-bond donors (Lipinski definition) is 2. The van der Waals surface area contributed by atoms with Crippen molar-refractivity contribution in [1.82, 2.24) is 0 Å².